The van der Waals surface area contributed by atoms with Gasteiger partial charge in [-0.1, -0.05) is 11.2 Å². The highest BCUT2D eigenvalue weighted by molar-refractivity contribution is 5.99. The Morgan fingerprint density at radius 3 is 2.69 bits per heavy atom. The lowest BCUT2D eigenvalue weighted by atomic mass is 10.0. The van der Waals surface area contributed by atoms with Crippen LogP contribution in [0.15, 0.2) is 35.1 Å². The maximum absolute atomic E-state index is 12.9. The van der Waals surface area contributed by atoms with E-state index in [1.807, 2.05) is 11.0 Å². The summed E-state index contributed by atoms with van der Waals surface area (Å²) in [7, 11) is 0. The topological polar surface area (TPSA) is 111 Å². The number of nitrogens with one attached hydrogen (secondary N) is 2. The molecule has 8 nitrogen and oxygen atoms in total. The van der Waals surface area contributed by atoms with Crippen molar-refractivity contribution >= 4 is 22.7 Å². The number of carbonyl (C=O) groups is 2. The number of fused-ring (bicyclic) bond motifs is 2. The zero-order valence-electron chi connectivity index (χ0n) is 16.0. The SMILES string of the molecule is Cc1nocc1C(=O)NC1CC2CN(C(=O)c3cc4c(O)cccc4[nH]3)CC2C1. The third kappa shape index (κ3) is 3.04. The van der Waals surface area contributed by atoms with E-state index in [0.717, 1.165) is 18.4 Å². The summed E-state index contributed by atoms with van der Waals surface area (Å²) < 4.78 is 4.84. The van der Waals surface area contributed by atoms with Gasteiger partial charge in [0.1, 0.15) is 23.3 Å². The number of aromatic nitrogens is 2. The largest absolute Gasteiger partial charge is 0.507 e. The van der Waals surface area contributed by atoms with Crippen LogP contribution >= 0.6 is 0 Å². The van der Waals surface area contributed by atoms with Gasteiger partial charge in [0.05, 0.1) is 5.69 Å². The standard InChI is InChI=1S/C21H22N4O4/c1-11-16(10-29-24-11)20(27)22-14-5-12-8-25(9-13(12)6-14)21(28)18-7-15-17(23-18)3-2-4-19(15)26/h2-4,7,10,12-14,23,26H,5-6,8-9H2,1H3,(H,22,27). The predicted molar refractivity (Wildman–Crippen MR) is 105 cm³/mol. The molecule has 0 radical (unpaired) electrons. The normalized spacial score (nSPS) is 23.5. The second-order valence-electron chi connectivity index (χ2n) is 8.11. The molecule has 3 heterocycles. The van der Waals surface area contributed by atoms with Crippen LogP contribution in [0.5, 0.6) is 5.75 Å². The number of amides is 2. The molecular weight excluding hydrogens is 372 g/mol. The Balaban J connectivity index is 1.23. The summed E-state index contributed by atoms with van der Waals surface area (Å²) >= 11 is 0. The molecule has 1 aromatic carbocycles. The minimum atomic E-state index is -0.153. The van der Waals surface area contributed by atoms with Gasteiger partial charge in [-0.25, -0.2) is 0 Å². The van der Waals surface area contributed by atoms with Gasteiger partial charge in [-0.3, -0.25) is 9.59 Å². The number of likely N-dealkylation sites (tertiary alicyclic amines) is 1. The maximum atomic E-state index is 12.9. The van der Waals surface area contributed by atoms with Crippen molar-refractivity contribution in [1.29, 1.82) is 0 Å². The smallest absolute Gasteiger partial charge is 0.270 e. The highest BCUT2D eigenvalue weighted by Crippen LogP contribution is 2.39. The second kappa shape index (κ2) is 6.65. The van der Waals surface area contributed by atoms with E-state index in [1.54, 1.807) is 25.1 Å². The number of hydrogen-bond donors (Lipinski definition) is 3. The van der Waals surface area contributed by atoms with Crippen molar-refractivity contribution in [2.45, 2.75) is 25.8 Å². The van der Waals surface area contributed by atoms with E-state index in [9.17, 15) is 14.7 Å². The van der Waals surface area contributed by atoms with E-state index in [0.29, 0.717) is 47.3 Å². The minimum absolute atomic E-state index is 0.0457. The lowest BCUT2D eigenvalue weighted by Crippen LogP contribution is -2.36. The van der Waals surface area contributed by atoms with Crippen LogP contribution < -0.4 is 5.32 Å². The number of benzene rings is 1. The third-order valence-electron chi connectivity index (χ3n) is 6.24. The van der Waals surface area contributed by atoms with Crippen molar-refractivity contribution in [3.63, 3.8) is 0 Å². The number of nitrogens with zero attached hydrogens (tertiary/aromatic N) is 2. The summed E-state index contributed by atoms with van der Waals surface area (Å²) in [5, 5.41) is 17.4. The first-order chi connectivity index (χ1) is 14.0. The molecule has 150 valence electrons. The Bertz CT molecular complexity index is 1090. The summed E-state index contributed by atoms with van der Waals surface area (Å²) in [6, 6.07) is 7.02. The Hall–Kier alpha value is -3.29. The second-order valence-corrected chi connectivity index (χ2v) is 8.11. The van der Waals surface area contributed by atoms with Gasteiger partial charge in [0.25, 0.3) is 11.8 Å². The van der Waals surface area contributed by atoms with Gasteiger partial charge in [0.2, 0.25) is 0 Å². The van der Waals surface area contributed by atoms with Crippen LogP contribution in [0.4, 0.5) is 0 Å². The molecule has 1 saturated heterocycles. The average Bonchev–Trinajstić information content (AvgIpc) is 3.43. The predicted octanol–water partition coefficient (Wildman–Crippen LogP) is 2.45. The molecule has 2 aromatic heterocycles. The van der Waals surface area contributed by atoms with Gasteiger partial charge in [-0.15, -0.1) is 0 Å². The number of phenolic OH excluding ortho intramolecular Hbond substituents is 1. The fraction of sp³-hybridized carbons (Fsp3) is 0.381. The summed E-state index contributed by atoms with van der Waals surface area (Å²) in [4.78, 5) is 30.3. The van der Waals surface area contributed by atoms with Crippen LogP contribution in [0, 0.1) is 18.8 Å². The molecule has 0 bridgehead atoms. The van der Waals surface area contributed by atoms with Crippen molar-refractivity contribution in [3.05, 3.63) is 47.5 Å². The lowest BCUT2D eigenvalue weighted by molar-refractivity contribution is 0.0770. The maximum Gasteiger partial charge on any atom is 0.270 e. The number of carbonyl (C=O) groups excluding carboxylic acids is 2. The van der Waals surface area contributed by atoms with Gasteiger partial charge in [-0.05, 0) is 49.8 Å². The number of aromatic amines is 1. The number of rotatable bonds is 3. The average molecular weight is 394 g/mol. The quantitative estimate of drug-likeness (QED) is 0.632. The van der Waals surface area contributed by atoms with Crippen LogP contribution in [0.1, 0.15) is 39.4 Å². The van der Waals surface area contributed by atoms with Crippen LogP contribution in [-0.4, -0.2) is 51.1 Å². The Morgan fingerprint density at radius 1 is 1.28 bits per heavy atom. The van der Waals surface area contributed by atoms with Crippen molar-refractivity contribution < 1.29 is 19.2 Å². The Labute approximate surface area is 166 Å². The summed E-state index contributed by atoms with van der Waals surface area (Å²) in [5.41, 5.74) is 2.30. The number of phenols is 1. The number of aromatic hydroxyl groups is 1. The fourth-order valence-electron chi connectivity index (χ4n) is 4.78. The van der Waals surface area contributed by atoms with Crippen molar-refractivity contribution in [1.82, 2.24) is 20.4 Å². The highest BCUT2D eigenvalue weighted by Gasteiger charge is 2.43. The van der Waals surface area contributed by atoms with E-state index in [-0.39, 0.29) is 23.6 Å². The molecule has 1 aliphatic carbocycles. The summed E-state index contributed by atoms with van der Waals surface area (Å²) in [6.07, 6.45) is 3.09. The summed E-state index contributed by atoms with van der Waals surface area (Å²) in [5.74, 6) is 0.726. The molecule has 2 atom stereocenters. The Morgan fingerprint density at radius 2 is 2.03 bits per heavy atom. The zero-order valence-corrected chi connectivity index (χ0v) is 16.0. The number of aryl methyl sites for hydroxylation is 1. The molecule has 2 unspecified atom stereocenters. The zero-order chi connectivity index (χ0) is 20.1. The number of hydrogen-bond acceptors (Lipinski definition) is 5. The van der Waals surface area contributed by atoms with Gasteiger partial charge in [0, 0.05) is 30.0 Å². The van der Waals surface area contributed by atoms with Crippen molar-refractivity contribution in [2.24, 2.45) is 11.8 Å². The van der Waals surface area contributed by atoms with Crippen molar-refractivity contribution in [2.75, 3.05) is 13.1 Å². The van der Waals surface area contributed by atoms with E-state index >= 15 is 0 Å². The number of H-pyrrole nitrogens is 1. The first-order valence-corrected chi connectivity index (χ1v) is 9.81. The molecule has 8 heteroatoms. The molecule has 3 N–H and O–H groups in total. The van der Waals surface area contributed by atoms with E-state index in [1.165, 1.54) is 6.26 Å². The monoisotopic (exact) mass is 394 g/mol. The van der Waals surface area contributed by atoms with Crippen LogP contribution in [-0.2, 0) is 0 Å². The van der Waals surface area contributed by atoms with Gasteiger partial charge < -0.3 is 24.8 Å². The van der Waals surface area contributed by atoms with Gasteiger partial charge >= 0.3 is 0 Å². The van der Waals surface area contributed by atoms with Crippen molar-refractivity contribution in [3.8, 4) is 5.75 Å². The molecule has 29 heavy (non-hydrogen) atoms. The molecule has 3 aromatic rings. The van der Waals surface area contributed by atoms with E-state index < -0.39 is 0 Å². The molecule has 1 aliphatic heterocycles. The first kappa shape index (κ1) is 17.8. The molecule has 2 amide bonds. The van der Waals surface area contributed by atoms with E-state index in [4.69, 9.17) is 4.52 Å². The van der Waals surface area contributed by atoms with Crippen LogP contribution in [0.2, 0.25) is 0 Å². The van der Waals surface area contributed by atoms with Gasteiger partial charge in [-0.2, -0.15) is 0 Å². The molecular formula is C21H22N4O4. The highest BCUT2D eigenvalue weighted by atomic mass is 16.5. The van der Waals surface area contributed by atoms with Crippen LogP contribution in [0.25, 0.3) is 10.9 Å². The minimum Gasteiger partial charge on any atom is -0.507 e. The van der Waals surface area contributed by atoms with E-state index in [2.05, 4.69) is 15.5 Å². The van der Waals surface area contributed by atoms with Gasteiger partial charge in [0.15, 0.2) is 0 Å². The third-order valence-corrected chi connectivity index (χ3v) is 6.24. The fourth-order valence-corrected chi connectivity index (χ4v) is 4.78. The molecule has 2 fully saturated rings. The first-order valence-electron chi connectivity index (χ1n) is 9.81. The molecule has 2 aliphatic rings. The van der Waals surface area contributed by atoms with Crippen LogP contribution in [0.3, 0.4) is 0 Å². The molecule has 5 rings (SSSR count). The Kier molecular flexibility index (Phi) is 4.08. The lowest BCUT2D eigenvalue weighted by Gasteiger charge is -2.19. The molecule has 0 spiro atoms. The summed E-state index contributed by atoms with van der Waals surface area (Å²) in [6.45, 7) is 3.11. The molecule has 1 saturated carbocycles.